The van der Waals surface area contributed by atoms with Gasteiger partial charge < -0.3 is 35.0 Å². The molecule has 248 valence electrons. The zero-order valence-corrected chi connectivity index (χ0v) is 27.1. The molecular formula is C36H45NO8S. The number of hydrogen-bond acceptors (Lipinski definition) is 10. The van der Waals surface area contributed by atoms with Gasteiger partial charge in [0.1, 0.15) is 29.8 Å². The van der Waals surface area contributed by atoms with Crippen molar-refractivity contribution in [3.8, 4) is 16.9 Å². The smallest absolute Gasteiger partial charge is 0.133 e. The summed E-state index contributed by atoms with van der Waals surface area (Å²) < 4.78 is 12.9. The molecule has 5 N–H and O–H groups in total. The van der Waals surface area contributed by atoms with Gasteiger partial charge in [0.25, 0.3) is 0 Å². The van der Waals surface area contributed by atoms with Crippen molar-refractivity contribution in [3.63, 3.8) is 0 Å². The van der Waals surface area contributed by atoms with Crippen LogP contribution >= 0.6 is 11.8 Å². The number of aryl methyl sites for hydroxylation is 1. The molecule has 2 aliphatic rings. The topological polar surface area (TPSA) is 150 Å². The summed E-state index contributed by atoms with van der Waals surface area (Å²) >= 11 is 1.68. The van der Waals surface area contributed by atoms with Gasteiger partial charge in [-0.3, -0.25) is 9.78 Å². The van der Waals surface area contributed by atoms with Crippen LogP contribution in [0.25, 0.3) is 11.1 Å². The molecule has 0 aliphatic heterocycles. The number of carbonyl (C=O) groups excluding carboxylic acids is 1. The van der Waals surface area contributed by atoms with E-state index >= 15 is 0 Å². The molecule has 1 aromatic heterocycles. The molecule has 10 heteroatoms. The summed E-state index contributed by atoms with van der Waals surface area (Å²) in [5.41, 5.74) is 5.16. The molecule has 0 saturated heterocycles. The summed E-state index contributed by atoms with van der Waals surface area (Å²) in [6, 6.07) is 16.6. The third-order valence-electron chi connectivity index (χ3n) is 8.75. The first-order chi connectivity index (χ1) is 22.2. The normalized spacial score (nSPS) is 18.0. The third-order valence-corrected chi connectivity index (χ3v) is 9.83. The first kappa shape index (κ1) is 34.5. The monoisotopic (exact) mass is 651 g/mol. The minimum atomic E-state index is -1.69. The molecule has 2 saturated carbocycles. The van der Waals surface area contributed by atoms with E-state index in [1.807, 2.05) is 30.6 Å². The molecule has 5 rings (SSSR count). The Labute approximate surface area is 274 Å². The van der Waals surface area contributed by atoms with Gasteiger partial charge in [0, 0.05) is 41.3 Å². The number of Topliss-reactive ketones (excluding diaryl/α,β-unsaturated/α-hetero) is 1. The van der Waals surface area contributed by atoms with Gasteiger partial charge in [-0.15, -0.1) is 11.8 Å². The number of ketones is 1. The Hall–Kier alpha value is -2.83. The van der Waals surface area contributed by atoms with E-state index in [2.05, 4.69) is 42.2 Å². The van der Waals surface area contributed by atoms with Gasteiger partial charge in [-0.05, 0) is 92.2 Å². The zero-order valence-electron chi connectivity index (χ0n) is 26.3. The SMILES string of the molecule is Cc1ccc(SCCCC(=O)CC[C@H](O)[C@@H](O)[C@H](O)[C@H](O)CO)cc1COC1(c2cnccc2-c2ccccc2OC2CC2)CC1. The Morgan fingerprint density at radius 3 is 2.50 bits per heavy atom. The third kappa shape index (κ3) is 8.95. The summed E-state index contributed by atoms with van der Waals surface area (Å²) in [7, 11) is 0. The molecule has 0 radical (unpaired) electrons. The minimum Gasteiger partial charge on any atom is -0.490 e. The van der Waals surface area contributed by atoms with Gasteiger partial charge in [0.05, 0.1) is 31.0 Å². The van der Waals surface area contributed by atoms with Crippen molar-refractivity contribution < 1.29 is 39.8 Å². The quantitative estimate of drug-likeness (QED) is 0.0929. The number of thioether (sulfide) groups is 1. The van der Waals surface area contributed by atoms with Crippen LogP contribution in [0.1, 0.15) is 68.1 Å². The highest BCUT2D eigenvalue weighted by atomic mass is 32.2. The van der Waals surface area contributed by atoms with E-state index in [4.69, 9.17) is 14.6 Å². The summed E-state index contributed by atoms with van der Waals surface area (Å²) in [6.07, 6.45) is 2.88. The number of nitrogens with zero attached hydrogens (tertiary/aromatic N) is 1. The lowest BCUT2D eigenvalue weighted by molar-refractivity contribution is -0.125. The van der Waals surface area contributed by atoms with E-state index < -0.39 is 31.0 Å². The summed E-state index contributed by atoms with van der Waals surface area (Å²) in [5.74, 6) is 1.60. The number of para-hydroxylation sites is 1. The number of pyridine rings is 1. The van der Waals surface area contributed by atoms with E-state index in [0.29, 0.717) is 25.6 Å². The minimum absolute atomic E-state index is 0.0353. The molecule has 3 aromatic rings. The number of aliphatic hydroxyl groups is 5. The summed E-state index contributed by atoms with van der Waals surface area (Å²) in [5, 5.41) is 48.0. The maximum absolute atomic E-state index is 12.3. The first-order valence-electron chi connectivity index (χ1n) is 16.1. The van der Waals surface area contributed by atoms with Crippen LogP contribution in [0, 0.1) is 6.92 Å². The lowest BCUT2D eigenvalue weighted by Gasteiger charge is -2.25. The number of ether oxygens (including phenoxy) is 2. The molecule has 0 unspecified atom stereocenters. The number of aliphatic hydroxyl groups excluding tert-OH is 5. The average molecular weight is 652 g/mol. The fourth-order valence-electron chi connectivity index (χ4n) is 5.49. The predicted octanol–water partition coefficient (Wildman–Crippen LogP) is 4.46. The second-order valence-corrected chi connectivity index (χ2v) is 13.6. The molecule has 2 aliphatic carbocycles. The molecule has 2 fully saturated rings. The van der Waals surface area contributed by atoms with Crippen LogP contribution in [0.2, 0.25) is 0 Å². The highest BCUT2D eigenvalue weighted by molar-refractivity contribution is 7.99. The molecule has 46 heavy (non-hydrogen) atoms. The van der Waals surface area contributed by atoms with E-state index in [-0.39, 0.29) is 24.2 Å². The highest BCUT2D eigenvalue weighted by Crippen LogP contribution is 2.53. The van der Waals surface area contributed by atoms with Gasteiger partial charge in [-0.1, -0.05) is 24.3 Å². The summed E-state index contributed by atoms with van der Waals surface area (Å²) in [4.78, 5) is 17.9. The lowest BCUT2D eigenvalue weighted by Crippen LogP contribution is -2.45. The van der Waals surface area contributed by atoms with Crippen molar-refractivity contribution in [2.24, 2.45) is 0 Å². The van der Waals surface area contributed by atoms with Gasteiger partial charge in [-0.2, -0.15) is 0 Å². The Kier molecular flexibility index (Phi) is 11.9. The Morgan fingerprint density at radius 2 is 1.76 bits per heavy atom. The molecule has 1 heterocycles. The van der Waals surface area contributed by atoms with E-state index in [9.17, 15) is 25.2 Å². The van der Waals surface area contributed by atoms with Gasteiger partial charge in [0.2, 0.25) is 0 Å². The van der Waals surface area contributed by atoms with Crippen molar-refractivity contribution in [2.45, 2.75) is 106 Å². The zero-order chi connectivity index (χ0) is 32.7. The van der Waals surface area contributed by atoms with Crippen LogP contribution < -0.4 is 4.74 Å². The van der Waals surface area contributed by atoms with Crippen LogP contribution in [0.15, 0.2) is 65.8 Å². The summed E-state index contributed by atoms with van der Waals surface area (Å²) in [6.45, 7) is 1.82. The van der Waals surface area contributed by atoms with E-state index in [1.165, 1.54) is 0 Å². The number of aromatic nitrogens is 1. The maximum atomic E-state index is 12.3. The Bertz CT molecular complexity index is 1460. The maximum Gasteiger partial charge on any atom is 0.133 e. The first-order valence-corrected chi connectivity index (χ1v) is 17.1. The fourth-order valence-corrected chi connectivity index (χ4v) is 6.41. The van der Waals surface area contributed by atoms with Gasteiger partial charge in [0.15, 0.2) is 0 Å². The van der Waals surface area contributed by atoms with Crippen LogP contribution in [0.3, 0.4) is 0 Å². The standard InChI is InChI=1S/C36H45NO8S/c1-23-8-12-27(46-18-4-5-25(39)9-13-31(40)34(42)35(43)32(41)21-38)19-24(23)22-44-36(15-16-36)30-20-37-17-14-28(30)29-6-2-3-7-33(29)45-26-10-11-26/h2-3,6-8,12,14,17,19-20,26,31-32,34-35,38,40-43H,4-5,9-11,13,15-16,18,21-22H2,1H3/t31-,32+,34+,35+/m0/s1. The lowest BCUT2D eigenvalue weighted by atomic mass is 9.96. The van der Waals surface area contributed by atoms with Crippen molar-refractivity contribution in [1.29, 1.82) is 0 Å². The van der Waals surface area contributed by atoms with Crippen LogP contribution in [-0.2, 0) is 21.7 Å². The molecular weight excluding hydrogens is 606 g/mol. The molecule has 0 bridgehead atoms. The van der Waals surface area contributed by atoms with Crippen molar-refractivity contribution in [3.05, 3.63) is 77.6 Å². The number of benzene rings is 2. The van der Waals surface area contributed by atoms with E-state index in [0.717, 1.165) is 69.9 Å². The molecule has 4 atom stereocenters. The number of hydrogen-bond donors (Lipinski definition) is 5. The van der Waals surface area contributed by atoms with Crippen molar-refractivity contribution in [2.75, 3.05) is 12.4 Å². The van der Waals surface area contributed by atoms with Crippen LogP contribution in [-0.4, -0.2) is 79.2 Å². The second-order valence-electron chi connectivity index (χ2n) is 12.4. The molecule has 2 aromatic carbocycles. The Balaban J connectivity index is 1.12. The average Bonchev–Trinajstić information content (AvgIpc) is 4.02. The fraction of sp³-hybridized carbons (Fsp3) is 0.500. The van der Waals surface area contributed by atoms with E-state index in [1.54, 1.807) is 11.8 Å². The predicted molar refractivity (Wildman–Crippen MR) is 176 cm³/mol. The largest absolute Gasteiger partial charge is 0.490 e. The van der Waals surface area contributed by atoms with Gasteiger partial charge in [-0.25, -0.2) is 0 Å². The van der Waals surface area contributed by atoms with Crippen LogP contribution in [0.4, 0.5) is 0 Å². The van der Waals surface area contributed by atoms with Crippen molar-refractivity contribution >= 4 is 17.5 Å². The van der Waals surface area contributed by atoms with Crippen molar-refractivity contribution in [1.82, 2.24) is 4.98 Å². The molecule has 0 amide bonds. The molecule has 9 nitrogen and oxygen atoms in total. The molecule has 0 spiro atoms. The van der Waals surface area contributed by atoms with Gasteiger partial charge >= 0.3 is 0 Å². The van der Waals surface area contributed by atoms with Crippen LogP contribution in [0.5, 0.6) is 5.75 Å². The number of carbonyl (C=O) groups is 1. The Morgan fingerprint density at radius 1 is 1.00 bits per heavy atom. The number of rotatable bonds is 19. The second kappa shape index (κ2) is 15.8. The highest BCUT2D eigenvalue weighted by Gasteiger charge is 2.47.